The molecule has 92 heavy (non-hydrogen) atoms. The maximum absolute atomic E-state index is 14.0. The van der Waals surface area contributed by atoms with E-state index in [1.54, 1.807) is 14.2 Å². The third kappa shape index (κ3) is 13.3. The molecule has 14 nitrogen and oxygen atoms in total. The Kier molecular flexibility index (Phi) is 19.9. The summed E-state index contributed by atoms with van der Waals surface area (Å²) in [7, 11) is 16.5. The van der Waals surface area contributed by atoms with Crippen molar-refractivity contribution in [1.29, 1.82) is 0 Å². The Bertz CT molecular complexity index is 3550. The van der Waals surface area contributed by atoms with Crippen molar-refractivity contribution in [2.24, 2.45) is 0 Å². The first-order chi connectivity index (χ1) is 44.5. The van der Waals surface area contributed by atoms with Crippen LogP contribution in [0.25, 0.3) is 0 Å². The van der Waals surface area contributed by atoms with E-state index in [-0.39, 0.29) is 51.3 Å². The number of amides is 6. The summed E-state index contributed by atoms with van der Waals surface area (Å²) >= 11 is 0. The Morgan fingerprint density at radius 2 is 0.739 bits per heavy atom. The van der Waals surface area contributed by atoms with Gasteiger partial charge in [-0.05, 0) is 159 Å². The van der Waals surface area contributed by atoms with Crippen molar-refractivity contribution < 1.29 is 23.9 Å². The Balaban J connectivity index is 0.000000143. The van der Waals surface area contributed by atoms with Crippen LogP contribution in [0.1, 0.15) is 116 Å². The van der Waals surface area contributed by atoms with E-state index >= 15 is 0 Å². The van der Waals surface area contributed by atoms with Gasteiger partial charge in [0.25, 0.3) is 0 Å². The van der Waals surface area contributed by atoms with Gasteiger partial charge in [-0.25, -0.2) is 14.4 Å². The van der Waals surface area contributed by atoms with Gasteiger partial charge in [-0.1, -0.05) is 188 Å². The number of carbonyl (C=O) groups is 3. The van der Waals surface area contributed by atoms with Gasteiger partial charge < -0.3 is 39.7 Å². The van der Waals surface area contributed by atoms with Crippen LogP contribution in [-0.4, -0.2) is 145 Å². The zero-order valence-electron chi connectivity index (χ0n) is 55.7. The molecule has 3 aliphatic carbocycles. The van der Waals surface area contributed by atoms with E-state index in [9.17, 15) is 14.4 Å². The number of benzene rings is 7. The van der Waals surface area contributed by atoms with Crippen LogP contribution in [0.5, 0.6) is 11.5 Å². The number of hydrogen-bond donors (Lipinski definition) is 2. The summed E-state index contributed by atoms with van der Waals surface area (Å²) in [5.74, 6) is 1.68. The van der Waals surface area contributed by atoms with Crippen LogP contribution in [-0.2, 0) is 42.8 Å². The lowest BCUT2D eigenvalue weighted by molar-refractivity contribution is 0.0219. The molecule has 0 aromatic heterocycles. The molecule has 3 spiro atoms. The average Bonchev–Trinajstić information content (AvgIpc) is 1.48. The second kappa shape index (κ2) is 28.0. The zero-order chi connectivity index (χ0) is 64.6. The number of methoxy groups -OCH3 is 2. The molecular formula is C78H97N9O5. The fourth-order valence-corrected chi connectivity index (χ4v) is 16.4. The minimum absolute atomic E-state index is 0.0154. The molecule has 6 fully saturated rings. The van der Waals surface area contributed by atoms with Gasteiger partial charge in [-0.3, -0.25) is 14.7 Å². The second-order valence-electron chi connectivity index (χ2n) is 27.5. The maximum atomic E-state index is 14.0. The molecule has 0 unspecified atom stereocenters. The SMILES string of the molecule is CN(C)C1(c2ccccc2)CCC2(CC1)CN(Cc1ccccc1)C(=O)N2.COc1ccccc1CN1C(=O)N(Cc2ccccc2)CC12CCC(c1ccccc1)(N(C)C)CC2.COc1ccccc1CN1C(=O)NCC12CCC(c1ccccc1)(N(C)C)CC2. The van der Waals surface area contributed by atoms with Gasteiger partial charge >= 0.3 is 18.1 Å². The van der Waals surface area contributed by atoms with Crippen LogP contribution in [0.2, 0.25) is 0 Å². The van der Waals surface area contributed by atoms with Gasteiger partial charge in [-0.15, -0.1) is 0 Å². The Labute approximate surface area is 547 Å². The summed E-state index contributed by atoms with van der Waals surface area (Å²) in [6.07, 6.45) is 12.1. The fourth-order valence-electron chi connectivity index (χ4n) is 16.4. The Morgan fingerprint density at radius 1 is 0.380 bits per heavy atom. The molecular weight excluding hydrogens is 1140 g/mol. The molecule has 0 radical (unpaired) electrons. The zero-order valence-corrected chi connectivity index (χ0v) is 55.7. The monoisotopic (exact) mass is 1240 g/mol. The number of para-hydroxylation sites is 2. The number of urea groups is 3. The van der Waals surface area contributed by atoms with E-state index in [2.05, 4.69) is 210 Å². The van der Waals surface area contributed by atoms with Crippen LogP contribution < -0.4 is 20.1 Å². The molecule has 3 aliphatic heterocycles. The molecule has 6 amide bonds. The third-order valence-corrected chi connectivity index (χ3v) is 22.1. The molecule has 13 rings (SSSR count). The van der Waals surface area contributed by atoms with Crippen LogP contribution in [0.15, 0.2) is 200 Å². The van der Waals surface area contributed by atoms with Gasteiger partial charge in [0.05, 0.1) is 43.9 Å². The number of nitrogens with zero attached hydrogens (tertiary/aromatic N) is 7. The fraction of sp³-hybridized carbons (Fsp3) is 0.423. The van der Waals surface area contributed by atoms with Gasteiger partial charge in [0.2, 0.25) is 0 Å². The van der Waals surface area contributed by atoms with Crippen molar-refractivity contribution in [3.63, 3.8) is 0 Å². The maximum Gasteiger partial charge on any atom is 0.321 e. The summed E-state index contributed by atoms with van der Waals surface area (Å²) in [4.78, 5) is 54.7. The number of rotatable bonds is 16. The largest absolute Gasteiger partial charge is 0.496 e. The van der Waals surface area contributed by atoms with Crippen molar-refractivity contribution in [1.82, 2.24) is 44.9 Å². The summed E-state index contributed by atoms with van der Waals surface area (Å²) in [5, 5.41) is 6.45. The molecule has 2 N–H and O–H groups in total. The van der Waals surface area contributed by atoms with Gasteiger partial charge in [0.1, 0.15) is 11.5 Å². The van der Waals surface area contributed by atoms with E-state index in [1.807, 2.05) is 77.7 Å². The summed E-state index contributed by atoms with van der Waals surface area (Å²) in [6.45, 7) is 4.75. The number of hydrogen-bond acceptors (Lipinski definition) is 8. The van der Waals surface area contributed by atoms with E-state index < -0.39 is 0 Å². The molecule has 3 heterocycles. The molecule has 7 aromatic carbocycles. The topological polar surface area (TPSA) is 116 Å². The van der Waals surface area contributed by atoms with Crippen LogP contribution in [0, 0.1) is 0 Å². The highest BCUT2D eigenvalue weighted by atomic mass is 16.5. The number of nitrogens with one attached hydrogen (secondary N) is 2. The molecule has 7 aromatic rings. The number of carbonyl (C=O) groups excluding carboxylic acids is 3. The predicted molar refractivity (Wildman–Crippen MR) is 367 cm³/mol. The highest BCUT2D eigenvalue weighted by molar-refractivity contribution is 5.79. The highest BCUT2D eigenvalue weighted by Crippen LogP contribution is 2.52. The first kappa shape index (κ1) is 65.3. The minimum atomic E-state index is -0.193. The van der Waals surface area contributed by atoms with Gasteiger partial charge in [0, 0.05) is 60.5 Å². The van der Waals surface area contributed by atoms with E-state index in [1.165, 1.54) is 27.8 Å². The molecule has 484 valence electrons. The average molecular weight is 1240 g/mol. The van der Waals surface area contributed by atoms with Crippen LogP contribution >= 0.6 is 0 Å². The van der Waals surface area contributed by atoms with Gasteiger partial charge in [-0.2, -0.15) is 0 Å². The van der Waals surface area contributed by atoms with E-state index in [4.69, 9.17) is 9.47 Å². The normalized spacial score (nSPS) is 26.1. The third-order valence-electron chi connectivity index (χ3n) is 22.1. The van der Waals surface area contributed by atoms with Crippen molar-refractivity contribution in [2.45, 2.75) is 136 Å². The van der Waals surface area contributed by atoms with Crippen molar-refractivity contribution in [2.75, 3.05) is 76.1 Å². The summed E-state index contributed by atoms with van der Waals surface area (Å²) in [6, 6.07) is 69.4. The minimum Gasteiger partial charge on any atom is -0.496 e. The second-order valence-corrected chi connectivity index (χ2v) is 27.5. The van der Waals surface area contributed by atoms with Crippen molar-refractivity contribution >= 4 is 18.1 Å². The van der Waals surface area contributed by atoms with Crippen LogP contribution in [0.3, 0.4) is 0 Å². The molecule has 3 saturated heterocycles. The first-order valence-corrected chi connectivity index (χ1v) is 33.2. The summed E-state index contributed by atoms with van der Waals surface area (Å²) in [5.41, 5.74) is 8.25. The lowest BCUT2D eigenvalue weighted by Crippen LogP contribution is -2.55. The molecule has 14 heteroatoms. The standard InChI is InChI=1S/C31H37N3O2.C24H31N3O2.C23H29N3O/c1-32(2)31(27-15-8-5-9-16-27)20-18-30(19-21-31)24-33(22-25-12-6-4-7-13-25)29(35)34(30)23-26-14-10-11-17-28(26)36-3;1-26(2)24(20-10-5-4-6-11-20)15-13-23(14-16-24)18-25-22(28)27(23)17-19-9-7-8-12-21(19)29-3;1-25(2)23(20-11-7-4-8-12-20)15-13-22(14-16-23)18-26(21(27)24-22)17-19-9-5-3-6-10-19/h4-17H,18-24H2,1-3H3;4-12H,13-18H2,1-3H3,(H,25,28);3-12H,13-18H2,1-2H3,(H,24,27). The Morgan fingerprint density at radius 3 is 1.15 bits per heavy atom. The number of ether oxygens (including phenoxy) is 2. The smallest absolute Gasteiger partial charge is 0.321 e. The van der Waals surface area contributed by atoms with E-state index in [0.29, 0.717) is 26.2 Å². The quantitative estimate of drug-likeness (QED) is 0.0983. The van der Waals surface area contributed by atoms with Gasteiger partial charge in [0.15, 0.2) is 0 Å². The first-order valence-electron chi connectivity index (χ1n) is 33.2. The Hall–Kier alpha value is -8.17. The van der Waals surface area contributed by atoms with Crippen molar-refractivity contribution in [3.05, 3.63) is 239 Å². The van der Waals surface area contributed by atoms with Crippen LogP contribution in [0.4, 0.5) is 14.4 Å². The summed E-state index contributed by atoms with van der Waals surface area (Å²) < 4.78 is 11.2. The molecule has 3 saturated carbocycles. The lowest BCUT2D eigenvalue weighted by atomic mass is 9.68. The predicted octanol–water partition coefficient (Wildman–Crippen LogP) is 13.9. The lowest BCUT2D eigenvalue weighted by Gasteiger charge is -2.51. The van der Waals surface area contributed by atoms with E-state index in [0.717, 1.165) is 119 Å². The molecule has 6 aliphatic rings. The molecule has 0 atom stereocenters. The van der Waals surface area contributed by atoms with Crippen molar-refractivity contribution in [3.8, 4) is 11.5 Å². The molecule has 0 bridgehead atoms. The highest BCUT2D eigenvalue weighted by Gasteiger charge is 2.56.